The molecule has 1 saturated heterocycles. The van der Waals surface area contributed by atoms with Gasteiger partial charge in [-0.3, -0.25) is 19.1 Å². The molecule has 292 valence electrons. The monoisotopic (exact) mass is 771 g/mol. The van der Waals surface area contributed by atoms with E-state index in [1.807, 2.05) is 0 Å². The maximum Gasteiger partial charge on any atom is 0.310 e. The summed E-state index contributed by atoms with van der Waals surface area (Å²) >= 11 is 0. The van der Waals surface area contributed by atoms with Crippen LogP contribution in [0.5, 0.6) is 11.8 Å². The molecular formula is C37H47F2N7O7S. The highest BCUT2D eigenvalue weighted by atomic mass is 32.2. The van der Waals surface area contributed by atoms with E-state index in [2.05, 4.69) is 25.1 Å². The first-order valence-corrected chi connectivity index (χ1v) is 19.5. The summed E-state index contributed by atoms with van der Waals surface area (Å²) in [5.41, 5.74) is 1.90. The normalized spacial score (nSPS) is 17.9. The third kappa shape index (κ3) is 8.04. The van der Waals surface area contributed by atoms with Crippen molar-refractivity contribution in [2.24, 2.45) is 5.41 Å². The van der Waals surface area contributed by atoms with Crippen molar-refractivity contribution >= 4 is 21.6 Å². The van der Waals surface area contributed by atoms with Gasteiger partial charge in [0.1, 0.15) is 18.1 Å². The highest BCUT2D eigenvalue weighted by molar-refractivity contribution is 7.89. The minimum absolute atomic E-state index is 0.0722. The number of ether oxygens (including phenoxy) is 3. The van der Waals surface area contributed by atoms with Gasteiger partial charge in [-0.05, 0) is 107 Å². The molecule has 1 fully saturated rings. The van der Waals surface area contributed by atoms with Crippen LogP contribution in [0.25, 0.3) is 5.65 Å². The lowest BCUT2D eigenvalue weighted by molar-refractivity contribution is -0.147. The minimum Gasteiger partial charge on any atom is -0.481 e. The van der Waals surface area contributed by atoms with E-state index >= 15 is 0 Å². The van der Waals surface area contributed by atoms with Gasteiger partial charge in [-0.2, -0.15) is 9.29 Å². The van der Waals surface area contributed by atoms with Crippen molar-refractivity contribution in [3.63, 3.8) is 0 Å². The van der Waals surface area contributed by atoms with Gasteiger partial charge in [0.25, 0.3) is 6.43 Å². The summed E-state index contributed by atoms with van der Waals surface area (Å²) in [5.74, 6) is -2.29. The standard InChI is InChI=1S/C37H47F2N7O7S/c1-23-19-29-35(41-34(23)52-16-14-44-10-6-7-11-44)53-18-17-51-15-8-12-45(54(29,49)50)22-26-20-28(40-21-24(26)2)30(37(4,5)36(47)48)27-9-13-46-32(25(27)3)42-43-33(46)31(38)39/h9,13,19-21,30-31H,6-8,10-12,14-18,22H2,1-5H3,(H,47,48)/t30-/m1/s1. The lowest BCUT2D eigenvalue weighted by Gasteiger charge is -2.32. The van der Waals surface area contributed by atoms with Crippen LogP contribution in [0.1, 0.15) is 84.8 Å². The predicted molar refractivity (Wildman–Crippen MR) is 194 cm³/mol. The van der Waals surface area contributed by atoms with Crippen molar-refractivity contribution < 1.29 is 41.3 Å². The van der Waals surface area contributed by atoms with E-state index in [0.717, 1.165) is 32.5 Å². The van der Waals surface area contributed by atoms with E-state index < -0.39 is 39.6 Å². The van der Waals surface area contributed by atoms with Gasteiger partial charge in [-0.1, -0.05) is 0 Å². The fourth-order valence-corrected chi connectivity index (χ4v) is 8.66. The number of carbonyl (C=O) groups is 1. The number of nitrogens with zero attached hydrogens (tertiary/aromatic N) is 7. The summed E-state index contributed by atoms with van der Waals surface area (Å²) in [5, 5.41) is 18.1. The van der Waals surface area contributed by atoms with E-state index in [1.165, 1.54) is 21.0 Å². The van der Waals surface area contributed by atoms with Crippen LogP contribution in [-0.2, 0) is 26.1 Å². The number of pyridine rings is 3. The number of alkyl halides is 2. The second-order valence-electron chi connectivity index (χ2n) is 14.4. The van der Waals surface area contributed by atoms with E-state index in [4.69, 9.17) is 14.2 Å². The third-order valence-electron chi connectivity index (χ3n) is 10.3. The Morgan fingerprint density at radius 3 is 2.52 bits per heavy atom. The fourth-order valence-electron chi connectivity index (χ4n) is 7.05. The Bertz CT molecular complexity index is 2110. The summed E-state index contributed by atoms with van der Waals surface area (Å²) in [6.45, 7) is 12.2. The van der Waals surface area contributed by atoms with Gasteiger partial charge < -0.3 is 19.3 Å². The summed E-state index contributed by atoms with van der Waals surface area (Å²) < 4.78 is 76.7. The van der Waals surface area contributed by atoms with Crippen LogP contribution in [0.2, 0.25) is 0 Å². The summed E-state index contributed by atoms with van der Waals surface area (Å²) in [6, 6.07) is 4.84. The molecule has 0 spiro atoms. The number of hydrogen-bond acceptors (Lipinski definition) is 11. The maximum absolute atomic E-state index is 14.6. The molecule has 14 nitrogen and oxygen atoms in total. The van der Waals surface area contributed by atoms with Crippen molar-refractivity contribution in [1.29, 1.82) is 0 Å². The molecule has 0 radical (unpaired) electrons. The van der Waals surface area contributed by atoms with Crippen LogP contribution in [0.15, 0.2) is 35.5 Å². The summed E-state index contributed by atoms with van der Waals surface area (Å²) in [7, 11) is -4.22. The molecule has 1 N–H and O–H groups in total. The minimum atomic E-state index is -4.22. The molecule has 0 aliphatic carbocycles. The largest absolute Gasteiger partial charge is 0.481 e. The first-order chi connectivity index (χ1) is 25.7. The number of hydrogen-bond donors (Lipinski definition) is 1. The number of likely N-dealkylation sites (tertiary alicyclic amines) is 1. The Balaban J connectivity index is 1.37. The maximum atomic E-state index is 14.6. The smallest absolute Gasteiger partial charge is 0.310 e. The average Bonchev–Trinajstić information content (AvgIpc) is 3.81. The quantitative estimate of drug-likeness (QED) is 0.216. The molecule has 2 aliphatic rings. The second kappa shape index (κ2) is 16.2. The Labute approximate surface area is 313 Å². The number of halogens is 2. The van der Waals surface area contributed by atoms with Crippen molar-refractivity contribution in [3.05, 3.63) is 69.9 Å². The van der Waals surface area contributed by atoms with Gasteiger partial charge in [0, 0.05) is 55.8 Å². The van der Waals surface area contributed by atoms with Crippen molar-refractivity contribution in [2.45, 2.75) is 77.7 Å². The van der Waals surface area contributed by atoms with E-state index in [0.29, 0.717) is 59.0 Å². The van der Waals surface area contributed by atoms with Gasteiger partial charge in [0.15, 0.2) is 5.65 Å². The Hall–Kier alpha value is -4.32. The molecule has 0 saturated carbocycles. The summed E-state index contributed by atoms with van der Waals surface area (Å²) in [6.07, 6.45) is 2.86. The lowest BCUT2D eigenvalue weighted by Crippen LogP contribution is -2.34. The molecule has 2 aliphatic heterocycles. The molecule has 6 heterocycles. The Kier molecular flexibility index (Phi) is 11.8. The van der Waals surface area contributed by atoms with E-state index in [1.54, 1.807) is 52.9 Å². The fraction of sp³-hybridized carbons (Fsp3) is 0.541. The molecule has 4 aromatic heterocycles. The molecule has 6 rings (SSSR count). The first kappa shape index (κ1) is 39.4. The number of rotatable bonds is 11. The highest BCUT2D eigenvalue weighted by Gasteiger charge is 2.41. The predicted octanol–water partition coefficient (Wildman–Crippen LogP) is 5.09. The lowest BCUT2D eigenvalue weighted by atomic mass is 9.71. The molecular weight excluding hydrogens is 725 g/mol. The van der Waals surface area contributed by atoms with Gasteiger partial charge >= 0.3 is 5.97 Å². The molecule has 1 atom stereocenters. The van der Waals surface area contributed by atoms with Crippen molar-refractivity contribution in [2.75, 3.05) is 52.6 Å². The molecule has 54 heavy (non-hydrogen) atoms. The zero-order valence-corrected chi connectivity index (χ0v) is 32.0. The van der Waals surface area contributed by atoms with Crippen molar-refractivity contribution in [1.82, 2.24) is 33.8 Å². The van der Waals surface area contributed by atoms with E-state index in [9.17, 15) is 27.1 Å². The molecule has 0 aromatic carbocycles. The molecule has 4 aromatic rings. The third-order valence-corrected chi connectivity index (χ3v) is 12.1. The van der Waals surface area contributed by atoms with Gasteiger partial charge in [-0.25, -0.2) is 17.2 Å². The highest BCUT2D eigenvalue weighted by Crippen LogP contribution is 2.43. The number of fused-ring (bicyclic) bond motifs is 2. The molecule has 17 heteroatoms. The van der Waals surface area contributed by atoms with Crippen LogP contribution in [-0.4, -0.2) is 106 Å². The number of carboxylic acid groups (broad SMARTS) is 1. The SMILES string of the molecule is Cc1cnc([C@@H](c2ccn3c(C(F)F)nnc3c2C)C(C)(C)C(=O)O)cc1CN1CCCOCCOc2nc(OCCN3CCCC3)c(C)cc2S1(=O)=O. The van der Waals surface area contributed by atoms with Gasteiger partial charge in [-0.15, -0.1) is 10.2 Å². The topological polar surface area (TPSA) is 162 Å². The summed E-state index contributed by atoms with van der Waals surface area (Å²) in [4.78, 5) is 24.2. The molecule has 0 amide bonds. The van der Waals surface area contributed by atoms with Crippen molar-refractivity contribution in [3.8, 4) is 11.8 Å². The van der Waals surface area contributed by atoms with Crippen LogP contribution in [0.4, 0.5) is 8.78 Å². The van der Waals surface area contributed by atoms with Gasteiger partial charge in [0.05, 0.1) is 12.0 Å². The zero-order valence-electron chi connectivity index (χ0n) is 31.2. The molecule has 0 unspecified atom stereocenters. The van der Waals surface area contributed by atoms with Crippen LogP contribution < -0.4 is 9.47 Å². The van der Waals surface area contributed by atoms with Crippen LogP contribution >= 0.6 is 0 Å². The van der Waals surface area contributed by atoms with Gasteiger partial charge in [0.2, 0.25) is 27.6 Å². The van der Waals surface area contributed by atoms with E-state index in [-0.39, 0.29) is 42.7 Å². The van der Waals surface area contributed by atoms with Crippen LogP contribution in [0, 0.1) is 26.2 Å². The number of aromatic nitrogens is 5. The average molecular weight is 772 g/mol. The number of carboxylic acids is 1. The Morgan fingerprint density at radius 1 is 1.04 bits per heavy atom. The second-order valence-corrected chi connectivity index (χ2v) is 16.3. The number of aliphatic carboxylic acids is 1. The number of sulfonamides is 1. The Morgan fingerprint density at radius 2 is 1.80 bits per heavy atom. The van der Waals surface area contributed by atoms with Crippen LogP contribution in [0.3, 0.4) is 0 Å². The molecule has 0 bridgehead atoms. The first-order valence-electron chi connectivity index (χ1n) is 18.1. The zero-order chi connectivity index (χ0) is 38.8. The number of aryl methyl sites for hydroxylation is 3.